The number of ether oxygens (including phenoxy) is 1. The van der Waals surface area contributed by atoms with Crippen molar-refractivity contribution in [3.8, 4) is 0 Å². The van der Waals surface area contributed by atoms with Gasteiger partial charge in [-0.3, -0.25) is 0 Å². The average molecular weight is 432 g/mol. The van der Waals surface area contributed by atoms with Crippen LogP contribution in [0.2, 0.25) is 0 Å². The first kappa shape index (κ1) is 20.0. The minimum absolute atomic E-state index is 0.281. The van der Waals surface area contributed by atoms with E-state index in [1.807, 2.05) is 49.7 Å². The van der Waals surface area contributed by atoms with E-state index in [0.29, 0.717) is 13.1 Å². The maximum absolute atomic E-state index is 12.3. The lowest BCUT2D eigenvalue weighted by atomic mass is 10.1. The van der Waals surface area contributed by atoms with Crippen LogP contribution in [-0.4, -0.2) is 54.0 Å². The summed E-state index contributed by atoms with van der Waals surface area (Å²) in [5.74, 6) is 0.726. The number of hydrogen-bond acceptors (Lipinski definition) is 6. The molecule has 164 valence electrons. The van der Waals surface area contributed by atoms with Gasteiger partial charge in [-0.25, -0.2) is 19.7 Å². The van der Waals surface area contributed by atoms with Crippen molar-refractivity contribution in [3.63, 3.8) is 0 Å². The standard InChI is InChI=1S/C23H25N7O2/c1-23(2,3)32-22(31)29-9-6-15(7-10-29)18-12-17-20(25-14-26-21(17)28-18)27-16-4-5-19-24-8-11-30(19)13-16/h4-6,8,11-14H,7,9-10H2,1-3H3,(H2,25,26,27,28). The van der Waals surface area contributed by atoms with E-state index in [9.17, 15) is 4.79 Å². The molecule has 1 aliphatic rings. The zero-order valence-corrected chi connectivity index (χ0v) is 18.3. The highest BCUT2D eigenvalue weighted by molar-refractivity contribution is 5.92. The van der Waals surface area contributed by atoms with Crippen molar-refractivity contribution < 1.29 is 9.53 Å². The number of nitrogens with one attached hydrogen (secondary N) is 2. The van der Waals surface area contributed by atoms with Gasteiger partial charge < -0.3 is 24.3 Å². The van der Waals surface area contributed by atoms with Crippen LogP contribution in [0.15, 0.2) is 49.2 Å². The quantitative estimate of drug-likeness (QED) is 0.499. The lowest BCUT2D eigenvalue weighted by Gasteiger charge is -2.29. The Bertz CT molecular complexity index is 1330. The molecule has 0 fully saturated rings. The molecule has 2 N–H and O–H groups in total. The van der Waals surface area contributed by atoms with Gasteiger partial charge in [0.1, 0.15) is 29.0 Å². The molecule has 0 unspecified atom stereocenters. The first-order valence-electron chi connectivity index (χ1n) is 10.6. The van der Waals surface area contributed by atoms with Crippen LogP contribution in [0.4, 0.5) is 16.3 Å². The highest BCUT2D eigenvalue weighted by Crippen LogP contribution is 2.29. The van der Waals surface area contributed by atoms with Crippen molar-refractivity contribution >= 4 is 39.9 Å². The number of aromatic nitrogens is 5. The predicted molar refractivity (Wildman–Crippen MR) is 123 cm³/mol. The molecule has 4 aromatic rings. The Balaban J connectivity index is 1.37. The fourth-order valence-electron chi connectivity index (χ4n) is 3.75. The van der Waals surface area contributed by atoms with E-state index in [2.05, 4.69) is 37.4 Å². The maximum atomic E-state index is 12.3. The highest BCUT2D eigenvalue weighted by atomic mass is 16.6. The molecule has 4 aromatic heterocycles. The molecule has 1 amide bonds. The molecule has 0 bridgehead atoms. The van der Waals surface area contributed by atoms with Crippen LogP contribution in [0.25, 0.3) is 22.3 Å². The molecule has 0 spiro atoms. The summed E-state index contributed by atoms with van der Waals surface area (Å²) < 4.78 is 7.43. The van der Waals surface area contributed by atoms with Crippen molar-refractivity contribution in [3.05, 3.63) is 54.9 Å². The van der Waals surface area contributed by atoms with Gasteiger partial charge in [0.05, 0.1) is 11.1 Å². The summed E-state index contributed by atoms with van der Waals surface area (Å²) in [6.45, 7) is 6.75. The van der Waals surface area contributed by atoms with Crippen molar-refractivity contribution in [1.29, 1.82) is 0 Å². The lowest BCUT2D eigenvalue weighted by Crippen LogP contribution is -2.39. The van der Waals surface area contributed by atoms with Crippen molar-refractivity contribution in [1.82, 2.24) is 29.2 Å². The second-order valence-electron chi connectivity index (χ2n) is 8.81. The summed E-state index contributed by atoms with van der Waals surface area (Å²) in [6.07, 6.45) is 9.70. The summed E-state index contributed by atoms with van der Waals surface area (Å²) in [7, 11) is 0. The second-order valence-corrected chi connectivity index (χ2v) is 8.81. The molecule has 0 aliphatic carbocycles. The van der Waals surface area contributed by atoms with E-state index in [0.717, 1.165) is 45.9 Å². The minimum Gasteiger partial charge on any atom is -0.444 e. The molecular formula is C23H25N7O2. The van der Waals surface area contributed by atoms with E-state index >= 15 is 0 Å². The third-order valence-electron chi connectivity index (χ3n) is 5.28. The molecule has 0 aromatic carbocycles. The summed E-state index contributed by atoms with van der Waals surface area (Å²) in [4.78, 5) is 30.5. The highest BCUT2D eigenvalue weighted by Gasteiger charge is 2.24. The Morgan fingerprint density at radius 3 is 2.88 bits per heavy atom. The number of nitrogens with zero attached hydrogens (tertiary/aromatic N) is 5. The Hall–Kier alpha value is -3.88. The van der Waals surface area contributed by atoms with Crippen molar-refractivity contribution in [2.45, 2.75) is 32.8 Å². The summed E-state index contributed by atoms with van der Waals surface area (Å²) >= 11 is 0. The van der Waals surface area contributed by atoms with Crippen LogP contribution in [0, 0.1) is 0 Å². The Morgan fingerprint density at radius 1 is 1.22 bits per heavy atom. The molecule has 32 heavy (non-hydrogen) atoms. The lowest BCUT2D eigenvalue weighted by molar-refractivity contribution is 0.0270. The van der Waals surface area contributed by atoms with Gasteiger partial charge in [-0.2, -0.15) is 0 Å². The number of aromatic amines is 1. The van der Waals surface area contributed by atoms with E-state index in [1.54, 1.807) is 17.4 Å². The monoisotopic (exact) mass is 431 g/mol. The number of pyridine rings is 1. The Morgan fingerprint density at radius 2 is 2.09 bits per heavy atom. The molecule has 1 aliphatic heterocycles. The SMILES string of the molecule is CC(C)(C)OC(=O)N1CC=C(c2cc3c(Nc4ccc5nccn5c4)ncnc3[nH]2)CC1. The van der Waals surface area contributed by atoms with Gasteiger partial charge >= 0.3 is 6.09 Å². The fourth-order valence-corrected chi connectivity index (χ4v) is 3.75. The number of rotatable bonds is 3. The maximum Gasteiger partial charge on any atom is 0.410 e. The number of imidazole rings is 1. The van der Waals surface area contributed by atoms with Gasteiger partial charge in [-0.1, -0.05) is 6.08 Å². The number of carbonyl (C=O) groups excluding carboxylic acids is 1. The molecule has 5 heterocycles. The van der Waals surface area contributed by atoms with Gasteiger partial charge in [0.2, 0.25) is 0 Å². The summed E-state index contributed by atoms with van der Waals surface area (Å²) in [5, 5.41) is 4.29. The fraction of sp³-hybridized carbons (Fsp3) is 0.304. The van der Waals surface area contributed by atoms with Gasteiger partial charge in [0, 0.05) is 37.4 Å². The zero-order valence-electron chi connectivity index (χ0n) is 18.3. The van der Waals surface area contributed by atoms with E-state index in [-0.39, 0.29) is 6.09 Å². The van der Waals surface area contributed by atoms with Crippen LogP contribution in [0.5, 0.6) is 0 Å². The molecular weight excluding hydrogens is 406 g/mol. The van der Waals surface area contributed by atoms with Crippen LogP contribution < -0.4 is 5.32 Å². The minimum atomic E-state index is -0.497. The van der Waals surface area contributed by atoms with Crippen LogP contribution in [0.3, 0.4) is 0 Å². The first-order valence-corrected chi connectivity index (χ1v) is 10.6. The van der Waals surface area contributed by atoms with Gasteiger partial charge in [0.15, 0.2) is 0 Å². The topological polar surface area (TPSA) is 100 Å². The normalized spacial score (nSPS) is 14.6. The van der Waals surface area contributed by atoms with E-state index in [4.69, 9.17) is 4.74 Å². The third kappa shape index (κ3) is 4.01. The van der Waals surface area contributed by atoms with Crippen molar-refractivity contribution in [2.75, 3.05) is 18.4 Å². The first-order chi connectivity index (χ1) is 15.4. The summed E-state index contributed by atoms with van der Waals surface area (Å²) in [6, 6.07) is 5.98. The number of hydrogen-bond donors (Lipinski definition) is 2. The Labute approximate surface area is 185 Å². The molecule has 0 saturated carbocycles. The van der Waals surface area contributed by atoms with E-state index < -0.39 is 5.60 Å². The van der Waals surface area contributed by atoms with Crippen molar-refractivity contribution in [2.24, 2.45) is 0 Å². The van der Waals surface area contributed by atoms with Crippen LogP contribution >= 0.6 is 0 Å². The molecule has 0 radical (unpaired) electrons. The number of H-pyrrole nitrogens is 1. The largest absolute Gasteiger partial charge is 0.444 e. The van der Waals surface area contributed by atoms with Gasteiger partial charge in [-0.05, 0) is 51.0 Å². The smallest absolute Gasteiger partial charge is 0.410 e. The predicted octanol–water partition coefficient (Wildman–Crippen LogP) is 4.37. The van der Waals surface area contributed by atoms with E-state index in [1.165, 1.54) is 0 Å². The molecule has 9 nitrogen and oxygen atoms in total. The molecule has 5 rings (SSSR count). The number of amides is 1. The Kier molecular flexibility index (Phi) is 4.80. The van der Waals surface area contributed by atoms with Crippen LogP contribution in [0.1, 0.15) is 32.9 Å². The van der Waals surface area contributed by atoms with Gasteiger partial charge in [-0.15, -0.1) is 0 Å². The van der Waals surface area contributed by atoms with Crippen LogP contribution in [-0.2, 0) is 4.74 Å². The number of anilines is 2. The molecule has 0 saturated heterocycles. The van der Waals surface area contributed by atoms with Gasteiger partial charge in [0.25, 0.3) is 0 Å². The summed E-state index contributed by atoms with van der Waals surface area (Å²) in [5.41, 5.74) is 4.19. The third-order valence-corrected chi connectivity index (χ3v) is 5.28. The average Bonchev–Trinajstić information content (AvgIpc) is 3.40. The molecule has 9 heteroatoms. The second kappa shape index (κ2) is 7.67. The molecule has 0 atom stereocenters. The number of carbonyl (C=O) groups is 1. The zero-order chi connectivity index (χ0) is 22.3. The number of fused-ring (bicyclic) bond motifs is 2.